The summed E-state index contributed by atoms with van der Waals surface area (Å²) in [6.45, 7) is 0.335. The van der Waals surface area contributed by atoms with Crippen LogP contribution in [0.2, 0.25) is 5.02 Å². The molecule has 0 unspecified atom stereocenters. The van der Waals surface area contributed by atoms with Crippen molar-refractivity contribution in [3.63, 3.8) is 0 Å². The number of benzene rings is 3. The van der Waals surface area contributed by atoms with E-state index in [4.69, 9.17) is 38.4 Å². The molecule has 11 heteroatoms. The number of carboxylic acid groups (broad SMARTS) is 1. The quantitative estimate of drug-likeness (QED) is 0.250. The average Bonchev–Trinajstić information content (AvgIpc) is 3.16. The number of thiocarbonyl (C=S) groups is 1. The molecule has 1 heterocycles. The van der Waals surface area contributed by atoms with Gasteiger partial charge in [0, 0.05) is 16.1 Å². The number of rotatable bonds is 10. The molecular weight excluding hydrogens is 548 g/mol. The fourth-order valence-electron chi connectivity index (χ4n) is 3.30. The normalized spacial score (nSPS) is 14.0. The number of halogens is 1. The number of thioether (sulfide) groups is 1. The van der Waals surface area contributed by atoms with E-state index in [9.17, 15) is 14.4 Å². The molecule has 38 heavy (non-hydrogen) atoms. The number of carbonyl (C=O) groups is 3. The van der Waals surface area contributed by atoms with Crippen molar-refractivity contribution in [3.8, 4) is 11.5 Å². The van der Waals surface area contributed by atoms with Crippen molar-refractivity contribution in [3.05, 3.63) is 99.4 Å². The Morgan fingerprint density at radius 2 is 1.74 bits per heavy atom. The Labute approximate surface area is 233 Å². The van der Waals surface area contributed by atoms with Gasteiger partial charge in [0.2, 0.25) is 0 Å². The maximum Gasteiger partial charge on any atom is 0.306 e. The first-order valence-electron chi connectivity index (χ1n) is 11.3. The highest BCUT2D eigenvalue weighted by Gasteiger charge is 2.34. The molecule has 0 atom stereocenters. The van der Waals surface area contributed by atoms with Crippen molar-refractivity contribution in [2.45, 2.75) is 13.0 Å². The largest absolute Gasteiger partial charge is 0.492 e. The molecule has 2 amide bonds. The summed E-state index contributed by atoms with van der Waals surface area (Å²) in [5.41, 5.74) is 4.40. The number of nitrogens with zero attached hydrogens (tertiary/aromatic N) is 1. The summed E-state index contributed by atoms with van der Waals surface area (Å²) < 4.78 is 11.5. The van der Waals surface area contributed by atoms with Crippen LogP contribution in [0.4, 0.5) is 0 Å². The fraction of sp³-hybridized carbons (Fsp3) is 0.111. The second kappa shape index (κ2) is 12.6. The first-order chi connectivity index (χ1) is 18.3. The van der Waals surface area contributed by atoms with Gasteiger partial charge in [-0.05, 0) is 66.3 Å². The van der Waals surface area contributed by atoms with E-state index >= 15 is 0 Å². The molecule has 8 nitrogen and oxygen atoms in total. The molecule has 2 N–H and O–H groups in total. The minimum absolute atomic E-state index is 0.0117. The van der Waals surface area contributed by atoms with Crippen molar-refractivity contribution in [1.82, 2.24) is 10.4 Å². The molecule has 0 saturated carbocycles. The predicted octanol–water partition coefficient (Wildman–Crippen LogP) is 5.32. The Balaban J connectivity index is 1.37. The lowest BCUT2D eigenvalue weighted by Gasteiger charge is -2.16. The second-order valence-electron chi connectivity index (χ2n) is 7.93. The molecule has 1 saturated heterocycles. The van der Waals surface area contributed by atoms with Crippen LogP contribution in [0.1, 0.15) is 27.9 Å². The van der Waals surface area contributed by atoms with E-state index in [1.165, 1.54) is 0 Å². The van der Waals surface area contributed by atoms with Crippen LogP contribution in [0.3, 0.4) is 0 Å². The third-order valence-corrected chi connectivity index (χ3v) is 6.78. The van der Waals surface area contributed by atoms with E-state index < -0.39 is 17.8 Å². The first kappa shape index (κ1) is 27.2. The van der Waals surface area contributed by atoms with Crippen LogP contribution in [0, 0.1) is 0 Å². The number of carboxylic acids is 1. The van der Waals surface area contributed by atoms with Crippen LogP contribution in [-0.4, -0.2) is 38.8 Å². The van der Waals surface area contributed by atoms with Gasteiger partial charge in [-0.1, -0.05) is 53.7 Å². The molecule has 3 aromatic rings. The number of amides is 2. The molecule has 3 aromatic carbocycles. The number of aliphatic carboxylic acids is 1. The van der Waals surface area contributed by atoms with Gasteiger partial charge >= 0.3 is 5.97 Å². The van der Waals surface area contributed by atoms with Crippen LogP contribution < -0.4 is 14.9 Å². The fourth-order valence-corrected chi connectivity index (χ4v) is 4.60. The maximum absolute atomic E-state index is 13.0. The molecule has 1 fully saturated rings. The van der Waals surface area contributed by atoms with Crippen molar-refractivity contribution in [2.75, 3.05) is 6.61 Å². The van der Waals surface area contributed by atoms with Gasteiger partial charge in [0.15, 0.2) is 4.32 Å². The van der Waals surface area contributed by atoms with Crippen LogP contribution in [0.25, 0.3) is 6.08 Å². The Hall–Kier alpha value is -3.86. The number of nitrogens with one attached hydrogen (secondary N) is 1. The number of hydrogen-bond donors (Lipinski definition) is 2. The maximum atomic E-state index is 13.0. The number of para-hydroxylation sites is 1. The van der Waals surface area contributed by atoms with E-state index in [0.29, 0.717) is 34.3 Å². The smallest absolute Gasteiger partial charge is 0.306 e. The number of ether oxygens (including phenoxy) is 2. The summed E-state index contributed by atoms with van der Waals surface area (Å²) in [5, 5.41) is 10.5. The van der Waals surface area contributed by atoms with Crippen LogP contribution in [0.15, 0.2) is 77.7 Å². The minimum atomic E-state index is -0.973. The van der Waals surface area contributed by atoms with Gasteiger partial charge in [-0.2, -0.15) is 5.01 Å². The topological polar surface area (TPSA) is 105 Å². The van der Waals surface area contributed by atoms with Crippen molar-refractivity contribution in [2.24, 2.45) is 0 Å². The van der Waals surface area contributed by atoms with Crippen LogP contribution >= 0.6 is 35.6 Å². The average molecular weight is 569 g/mol. The lowest BCUT2D eigenvalue weighted by atomic mass is 10.2. The molecular formula is C27H21ClN2O6S2. The van der Waals surface area contributed by atoms with Crippen LogP contribution in [0.5, 0.6) is 11.5 Å². The molecule has 4 rings (SSSR count). The number of hydrazine groups is 1. The van der Waals surface area contributed by atoms with Gasteiger partial charge in [-0.15, -0.1) is 0 Å². The van der Waals surface area contributed by atoms with Crippen molar-refractivity contribution in [1.29, 1.82) is 0 Å². The first-order valence-corrected chi connectivity index (χ1v) is 12.9. The summed E-state index contributed by atoms with van der Waals surface area (Å²) in [7, 11) is 0. The van der Waals surface area contributed by atoms with Crippen LogP contribution in [-0.2, 0) is 16.2 Å². The highest BCUT2D eigenvalue weighted by atomic mass is 35.5. The predicted molar refractivity (Wildman–Crippen MR) is 149 cm³/mol. The molecule has 0 aliphatic carbocycles. The van der Waals surface area contributed by atoms with E-state index in [-0.39, 0.29) is 22.3 Å². The lowest BCUT2D eigenvalue weighted by molar-refractivity contribution is -0.137. The molecule has 194 valence electrons. The van der Waals surface area contributed by atoms with Gasteiger partial charge in [-0.3, -0.25) is 19.8 Å². The van der Waals surface area contributed by atoms with Gasteiger partial charge in [0.25, 0.3) is 11.8 Å². The Bertz CT molecular complexity index is 1390. The summed E-state index contributed by atoms with van der Waals surface area (Å²) in [4.78, 5) is 36.8. The molecule has 0 bridgehead atoms. The third kappa shape index (κ3) is 7.12. The van der Waals surface area contributed by atoms with E-state index in [0.717, 1.165) is 22.3 Å². The van der Waals surface area contributed by atoms with E-state index in [1.807, 2.05) is 12.1 Å². The molecule has 1 aliphatic heterocycles. The third-order valence-electron chi connectivity index (χ3n) is 5.22. The Kier molecular flexibility index (Phi) is 9.01. The minimum Gasteiger partial charge on any atom is -0.492 e. The summed E-state index contributed by atoms with van der Waals surface area (Å²) in [5.74, 6) is -0.962. The zero-order valence-electron chi connectivity index (χ0n) is 19.8. The Morgan fingerprint density at radius 3 is 2.45 bits per heavy atom. The summed E-state index contributed by atoms with van der Waals surface area (Å²) >= 11 is 12.2. The second-order valence-corrected chi connectivity index (χ2v) is 10.0. The van der Waals surface area contributed by atoms with Gasteiger partial charge in [0.1, 0.15) is 18.1 Å². The standard InChI is InChI=1S/C27H21ClN2O6S2/c28-20-9-5-17(6-10-20)16-36-21-11-7-18(8-12-21)25(33)29-30-26(34)23(38-27(30)37)15-19-3-1-2-4-22(19)35-14-13-24(31)32/h1-12,15H,13-14,16H2,(H,29,33)(H,31,32)/b23-15+. The lowest BCUT2D eigenvalue weighted by Crippen LogP contribution is -2.44. The van der Waals surface area contributed by atoms with Crippen molar-refractivity contribution >= 4 is 63.8 Å². The summed E-state index contributed by atoms with van der Waals surface area (Å²) in [6.07, 6.45) is 1.44. The number of hydrogen-bond acceptors (Lipinski definition) is 7. The molecule has 0 spiro atoms. The zero-order chi connectivity index (χ0) is 27.1. The molecule has 0 aromatic heterocycles. The zero-order valence-corrected chi connectivity index (χ0v) is 22.1. The van der Waals surface area contributed by atoms with E-state index in [1.54, 1.807) is 66.7 Å². The molecule has 0 radical (unpaired) electrons. The SMILES string of the molecule is O=C(O)CCOc1ccccc1/C=C1/SC(=S)N(NC(=O)c2ccc(OCc3ccc(Cl)cc3)cc2)C1=O. The van der Waals surface area contributed by atoms with E-state index in [2.05, 4.69) is 5.43 Å². The Morgan fingerprint density at radius 1 is 1.03 bits per heavy atom. The highest BCUT2D eigenvalue weighted by molar-refractivity contribution is 8.26. The molecule has 1 aliphatic rings. The highest BCUT2D eigenvalue weighted by Crippen LogP contribution is 2.33. The van der Waals surface area contributed by atoms with Crippen molar-refractivity contribution < 1.29 is 29.0 Å². The van der Waals surface area contributed by atoms with Gasteiger partial charge in [-0.25, -0.2) is 0 Å². The van der Waals surface area contributed by atoms with Gasteiger partial charge in [0.05, 0.1) is 17.9 Å². The monoisotopic (exact) mass is 568 g/mol. The van der Waals surface area contributed by atoms with Gasteiger partial charge < -0.3 is 14.6 Å². The number of carbonyl (C=O) groups excluding carboxylic acids is 2. The summed E-state index contributed by atoms with van der Waals surface area (Å²) in [6, 6.07) is 20.7.